The van der Waals surface area contributed by atoms with E-state index in [0.29, 0.717) is 43.5 Å². The van der Waals surface area contributed by atoms with E-state index in [1.165, 1.54) is 112 Å². The Morgan fingerprint density at radius 2 is 1.14 bits per heavy atom. The predicted molar refractivity (Wildman–Crippen MR) is 259 cm³/mol. The molecule has 0 aliphatic carbocycles. The van der Waals surface area contributed by atoms with Crippen LogP contribution in [0.15, 0.2) is 193 Å². The number of rotatable bonds is 5. The maximum absolute atomic E-state index is 12.7. The molecule has 356 valence electrons. The second kappa shape index (κ2) is 26.9. The zero-order valence-corrected chi connectivity index (χ0v) is 37.8. The number of ether oxygens (including phenoxy) is 2. The van der Waals surface area contributed by atoms with Crippen LogP contribution >= 0.6 is 11.6 Å². The van der Waals surface area contributed by atoms with Crippen molar-refractivity contribution in [3.05, 3.63) is 250 Å². The summed E-state index contributed by atoms with van der Waals surface area (Å²) in [5.41, 5.74) is 0.783. The lowest BCUT2D eigenvalue weighted by Crippen LogP contribution is -2.23. The van der Waals surface area contributed by atoms with Gasteiger partial charge >= 0.3 is 0 Å². The van der Waals surface area contributed by atoms with Crippen LogP contribution in [0.3, 0.4) is 0 Å². The molecule has 0 atom stereocenters. The highest BCUT2D eigenvalue weighted by atomic mass is 35.5. The number of carbonyl (C=O) groups excluding carboxylic acids is 1. The lowest BCUT2D eigenvalue weighted by atomic mass is 10.2. The fraction of sp³-hybridized carbons (Fsp3) is 0.0566. The van der Waals surface area contributed by atoms with Crippen molar-refractivity contribution >= 4 is 67.2 Å². The Balaban J connectivity index is 0.000000157. The van der Waals surface area contributed by atoms with Crippen molar-refractivity contribution in [1.29, 1.82) is 0 Å². The van der Waals surface area contributed by atoms with Gasteiger partial charge in [0.2, 0.25) is 0 Å². The summed E-state index contributed by atoms with van der Waals surface area (Å²) < 4.78 is 85.9. The fourth-order valence-electron chi connectivity index (χ4n) is 5.99. The number of fused-ring (bicyclic) bond motifs is 4. The molecule has 10 nitrogen and oxygen atoms in total. The number of pyridine rings is 4. The predicted octanol–water partition coefficient (Wildman–Crippen LogP) is 12.1. The molecule has 10 rings (SSSR count). The number of hydrogen-bond acceptors (Lipinski definition) is 8. The SMILES string of the molecule is COC(N=Cc1cccc(F)c1)OC.Fc1ccc2ccnc(Cl)c2c1.Fc1ccc2ccncc2c1.O=Cc1cccc(F)c1.O=c1[nH]ccc2ccc(F)cc12.[O-][n+]1ccc2ccc(F)cc2c1. The van der Waals surface area contributed by atoms with Crippen LogP contribution in [0.4, 0.5) is 26.3 Å². The summed E-state index contributed by atoms with van der Waals surface area (Å²) in [6.07, 6.45) is 10.7. The van der Waals surface area contributed by atoms with Gasteiger partial charge in [-0.15, -0.1) is 0 Å². The molecule has 0 saturated heterocycles. The van der Waals surface area contributed by atoms with Gasteiger partial charge in [0.25, 0.3) is 12.0 Å². The molecule has 6 aromatic carbocycles. The summed E-state index contributed by atoms with van der Waals surface area (Å²) >= 11 is 5.75. The summed E-state index contributed by atoms with van der Waals surface area (Å²) in [7, 11) is 2.97. The van der Waals surface area contributed by atoms with E-state index < -0.39 is 6.41 Å². The maximum Gasteiger partial charge on any atom is 0.257 e. The number of carbonyl (C=O) groups is 1. The van der Waals surface area contributed by atoms with Crippen molar-refractivity contribution in [2.45, 2.75) is 6.41 Å². The number of aromatic amines is 1. The van der Waals surface area contributed by atoms with Gasteiger partial charge in [0, 0.05) is 78.4 Å². The second-order valence-electron chi connectivity index (χ2n) is 14.2. The molecule has 0 unspecified atom stereocenters. The van der Waals surface area contributed by atoms with E-state index in [2.05, 4.69) is 19.9 Å². The number of H-pyrrole nitrogens is 1. The molecule has 10 aromatic rings. The van der Waals surface area contributed by atoms with Crippen LogP contribution in [0.5, 0.6) is 0 Å². The number of halogens is 7. The molecule has 1 N–H and O–H groups in total. The van der Waals surface area contributed by atoms with Gasteiger partial charge in [0.15, 0.2) is 12.4 Å². The summed E-state index contributed by atoms with van der Waals surface area (Å²) in [5.74, 6) is -1.89. The third kappa shape index (κ3) is 16.8. The van der Waals surface area contributed by atoms with Crippen molar-refractivity contribution in [1.82, 2.24) is 15.0 Å². The Hall–Kier alpha value is -8.31. The third-order valence-electron chi connectivity index (χ3n) is 9.32. The number of aromatic nitrogens is 4. The monoisotopic (exact) mass is 975 g/mol. The lowest BCUT2D eigenvalue weighted by Gasteiger charge is -2.06. The van der Waals surface area contributed by atoms with E-state index in [9.17, 15) is 41.1 Å². The quantitative estimate of drug-likeness (QED) is 0.0345. The number of nitrogens with zero attached hydrogens (tertiary/aromatic N) is 4. The zero-order valence-electron chi connectivity index (χ0n) is 37.0. The molecular formula is C53H40ClF6N5O5. The van der Waals surface area contributed by atoms with E-state index >= 15 is 0 Å². The fourth-order valence-corrected chi connectivity index (χ4v) is 6.21. The van der Waals surface area contributed by atoms with Gasteiger partial charge in [0.05, 0.1) is 0 Å². The lowest BCUT2D eigenvalue weighted by molar-refractivity contribution is -0.603. The zero-order chi connectivity index (χ0) is 50.4. The van der Waals surface area contributed by atoms with Gasteiger partial charge in [-0.05, 0) is 118 Å². The molecule has 0 radical (unpaired) electrons. The average molecular weight is 976 g/mol. The summed E-state index contributed by atoms with van der Waals surface area (Å²) in [5, 5.41) is 17.2. The summed E-state index contributed by atoms with van der Waals surface area (Å²) in [4.78, 5) is 35.3. The molecule has 0 saturated carbocycles. The first-order valence-electron chi connectivity index (χ1n) is 20.5. The Kier molecular flexibility index (Phi) is 20.2. The second-order valence-corrected chi connectivity index (χ2v) is 14.6. The number of benzene rings is 6. The molecule has 17 heteroatoms. The number of methoxy groups -OCH3 is 2. The molecule has 0 aliphatic heterocycles. The largest absolute Gasteiger partial charge is 0.619 e. The Morgan fingerprint density at radius 1 is 0.614 bits per heavy atom. The minimum Gasteiger partial charge on any atom is -0.619 e. The standard InChI is InChI=1S/C10H12FNO2.C9H5ClFN.2C9H6FNO.C9H6FN.C7H5FO/c1-13-10(14-2)12-7-8-4-3-5-9(11)6-8;10-9-8-5-7(11)2-1-6(8)3-4-12-9;10-9-2-1-7-3-4-11(12)6-8(7)5-9;10-7-2-1-6-3-4-11-9(12)8(6)5-7;10-9-2-1-7-3-4-11-6-8(7)5-9;8-7-3-1-2-6(4-7)5-9/h3-7,10H,1-2H3;1-5H;1-6H;1-5H,(H,11,12);1-6H;1-5H. The number of nitrogens with one attached hydrogen (secondary N) is 1. The minimum absolute atomic E-state index is 0.217. The average Bonchev–Trinajstić information content (AvgIpc) is 3.36. The van der Waals surface area contributed by atoms with E-state index in [4.69, 9.17) is 21.1 Å². The Morgan fingerprint density at radius 3 is 1.76 bits per heavy atom. The van der Waals surface area contributed by atoms with Crippen LogP contribution in [0.1, 0.15) is 15.9 Å². The van der Waals surface area contributed by atoms with Gasteiger partial charge in [-0.1, -0.05) is 60.1 Å². The van der Waals surface area contributed by atoms with Gasteiger partial charge in [-0.25, -0.2) is 36.3 Å². The van der Waals surface area contributed by atoms with E-state index in [1.807, 2.05) is 6.07 Å². The Bertz CT molecular complexity index is 3360. The van der Waals surface area contributed by atoms with Crippen LogP contribution in [0.2, 0.25) is 5.15 Å². The van der Waals surface area contributed by atoms with E-state index in [-0.39, 0.29) is 40.5 Å². The first kappa shape index (κ1) is 52.7. The van der Waals surface area contributed by atoms with Crippen molar-refractivity contribution in [2.75, 3.05) is 14.2 Å². The topological polar surface area (TPSA) is 133 Å². The highest BCUT2D eigenvalue weighted by Gasteiger charge is 2.02. The molecule has 0 fully saturated rings. The summed E-state index contributed by atoms with van der Waals surface area (Å²) in [6, 6.07) is 36.3. The molecule has 0 amide bonds. The highest BCUT2D eigenvalue weighted by Crippen LogP contribution is 2.21. The normalized spacial score (nSPS) is 10.4. The minimum atomic E-state index is -0.640. The van der Waals surface area contributed by atoms with Gasteiger partial charge < -0.3 is 19.7 Å². The van der Waals surface area contributed by atoms with Crippen molar-refractivity contribution in [2.24, 2.45) is 4.99 Å². The van der Waals surface area contributed by atoms with Crippen molar-refractivity contribution in [3.63, 3.8) is 0 Å². The number of aldehydes is 1. The van der Waals surface area contributed by atoms with Crippen LogP contribution in [-0.4, -0.2) is 48.1 Å². The van der Waals surface area contributed by atoms with Crippen LogP contribution in [0, 0.1) is 40.1 Å². The number of aliphatic imine (C=N–C) groups is 1. The molecular weight excluding hydrogens is 936 g/mol. The molecule has 0 spiro atoms. The molecule has 4 aromatic heterocycles. The van der Waals surface area contributed by atoms with Gasteiger partial charge in [0.1, 0.15) is 46.3 Å². The van der Waals surface area contributed by atoms with Gasteiger partial charge in [-0.2, -0.15) is 4.73 Å². The van der Waals surface area contributed by atoms with Crippen LogP contribution < -0.4 is 10.3 Å². The van der Waals surface area contributed by atoms with Gasteiger partial charge in [-0.3, -0.25) is 14.6 Å². The summed E-state index contributed by atoms with van der Waals surface area (Å²) in [6.45, 7) is 0. The van der Waals surface area contributed by atoms with Crippen molar-refractivity contribution in [3.8, 4) is 0 Å². The Labute approximate surface area is 401 Å². The number of hydrogen-bond donors (Lipinski definition) is 1. The molecule has 4 heterocycles. The van der Waals surface area contributed by atoms with E-state index in [1.54, 1.807) is 85.5 Å². The third-order valence-corrected chi connectivity index (χ3v) is 9.62. The first-order chi connectivity index (χ1) is 33.7. The molecule has 0 aliphatic rings. The molecule has 70 heavy (non-hydrogen) atoms. The van der Waals surface area contributed by atoms with Crippen molar-refractivity contribution < 1.29 is 45.3 Å². The maximum atomic E-state index is 12.7. The van der Waals surface area contributed by atoms with Crippen LogP contribution in [-0.2, 0) is 9.47 Å². The first-order valence-corrected chi connectivity index (χ1v) is 20.9. The molecule has 0 bridgehead atoms. The highest BCUT2D eigenvalue weighted by molar-refractivity contribution is 6.34. The van der Waals surface area contributed by atoms with Crippen LogP contribution in [0.25, 0.3) is 43.1 Å². The van der Waals surface area contributed by atoms with E-state index in [0.717, 1.165) is 26.9 Å². The smallest absolute Gasteiger partial charge is 0.257 e.